The van der Waals surface area contributed by atoms with E-state index in [4.69, 9.17) is 4.74 Å². The zero-order valence-corrected chi connectivity index (χ0v) is 14.4. The minimum absolute atomic E-state index is 0.0969. The maximum absolute atomic E-state index is 14.1. The molecular formula is C21H22FNO2. The van der Waals surface area contributed by atoms with Crippen LogP contribution in [0.15, 0.2) is 36.5 Å². The molecule has 2 aromatic rings. The number of carbonyl (C=O) groups excluding carboxylic acids is 1. The third kappa shape index (κ3) is 3.17. The summed E-state index contributed by atoms with van der Waals surface area (Å²) in [7, 11) is 0. The van der Waals surface area contributed by atoms with Crippen molar-refractivity contribution in [2.75, 3.05) is 0 Å². The van der Waals surface area contributed by atoms with Gasteiger partial charge in [-0.2, -0.15) is 0 Å². The van der Waals surface area contributed by atoms with E-state index in [-0.39, 0.29) is 17.2 Å². The minimum atomic E-state index is -0.614. The summed E-state index contributed by atoms with van der Waals surface area (Å²) >= 11 is 0. The molecule has 4 heteroatoms. The Labute approximate surface area is 147 Å². The smallest absolute Gasteiger partial charge is 0.255 e. The van der Waals surface area contributed by atoms with Gasteiger partial charge in [-0.1, -0.05) is 25.5 Å². The highest BCUT2D eigenvalue weighted by atomic mass is 19.1. The molecule has 0 aliphatic heterocycles. The average molecular weight is 339 g/mol. The fourth-order valence-electron chi connectivity index (χ4n) is 4.40. The number of Topliss-reactive ketones (excluding diaryl/α,β-unsaturated/α-hetero) is 1. The number of ketones is 1. The Bertz CT molecular complexity index is 787. The lowest BCUT2D eigenvalue weighted by Gasteiger charge is -2.22. The Kier molecular flexibility index (Phi) is 4.28. The maximum atomic E-state index is 14.1. The second-order valence-electron chi connectivity index (χ2n) is 7.24. The van der Waals surface area contributed by atoms with Gasteiger partial charge in [0.25, 0.3) is 5.88 Å². The molecule has 2 bridgehead atoms. The summed E-state index contributed by atoms with van der Waals surface area (Å²) in [5.74, 6) is 2.13. The van der Waals surface area contributed by atoms with Crippen LogP contribution in [-0.4, -0.2) is 10.8 Å². The number of halogens is 1. The van der Waals surface area contributed by atoms with E-state index in [1.165, 1.54) is 43.5 Å². The zero-order chi connectivity index (χ0) is 17.4. The van der Waals surface area contributed by atoms with Gasteiger partial charge in [-0.25, -0.2) is 9.37 Å². The summed E-state index contributed by atoms with van der Waals surface area (Å²) in [5, 5.41) is 0. The Morgan fingerprint density at radius 3 is 2.64 bits per heavy atom. The summed E-state index contributed by atoms with van der Waals surface area (Å²) in [4.78, 5) is 15.6. The van der Waals surface area contributed by atoms with Crippen LogP contribution in [0.5, 0.6) is 11.6 Å². The van der Waals surface area contributed by atoms with Crippen molar-refractivity contribution >= 4 is 5.78 Å². The summed E-state index contributed by atoms with van der Waals surface area (Å²) < 4.78 is 19.7. The van der Waals surface area contributed by atoms with Gasteiger partial charge in [0.05, 0.1) is 0 Å². The van der Waals surface area contributed by atoms with Gasteiger partial charge < -0.3 is 4.74 Å². The first-order valence-electron chi connectivity index (χ1n) is 9.10. The van der Waals surface area contributed by atoms with Crippen LogP contribution in [0.25, 0.3) is 0 Å². The number of carbonyl (C=O) groups is 1. The van der Waals surface area contributed by atoms with Crippen LogP contribution in [0.2, 0.25) is 0 Å². The summed E-state index contributed by atoms with van der Waals surface area (Å²) in [6, 6.07) is 9.14. The molecule has 3 atom stereocenters. The number of rotatable bonds is 5. The topological polar surface area (TPSA) is 39.2 Å². The van der Waals surface area contributed by atoms with E-state index in [1.807, 2.05) is 12.1 Å². The van der Waals surface area contributed by atoms with Crippen molar-refractivity contribution in [3.63, 3.8) is 0 Å². The molecule has 1 aromatic heterocycles. The van der Waals surface area contributed by atoms with Gasteiger partial charge in [0.2, 0.25) is 0 Å². The molecule has 0 radical (unpaired) electrons. The lowest BCUT2D eigenvalue weighted by molar-refractivity contribution is 0.0987. The van der Waals surface area contributed by atoms with Gasteiger partial charge in [-0.15, -0.1) is 0 Å². The van der Waals surface area contributed by atoms with E-state index in [9.17, 15) is 9.18 Å². The number of ether oxygens (including phenoxy) is 1. The number of benzene rings is 1. The van der Waals surface area contributed by atoms with Crippen LogP contribution in [-0.2, 0) is 0 Å². The minimum Gasteiger partial charge on any atom is -0.436 e. The highest BCUT2D eigenvalue weighted by molar-refractivity contribution is 5.95. The van der Waals surface area contributed by atoms with Crippen molar-refractivity contribution in [1.82, 2.24) is 4.98 Å². The third-order valence-corrected chi connectivity index (χ3v) is 5.71. The van der Waals surface area contributed by atoms with Gasteiger partial charge in [-0.3, -0.25) is 4.79 Å². The number of aromatic nitrogens is 1. The molecule has 2 aliphatic carbocycles. The van der Waals surface area contributed by atoms with Crippen LogP contribution in [0.1, 0.15) is 60.9 Å². The molecule has 0 spiro atoms. The SMILES string of the molecule is CCC(=O)c1cnc(Oc2ccc(C3CC4CCC3C4)cc2)c(F)c1. The fourth-order valence-corrected chi connectivity index (χ4v) is 4.40. The molecule has 1 heterocycles. The van der Waals surface area contributed by atoms with Crippen molar-refractivity contribution in [3.8, 4) is 11.6 Å². The predicted octanol–water partition coefficient (Wildman–Crippen LogP) is 5.51. The van der Waals surface area contributed by atoms with Crippen molar-refractivity contribution in [2.45, 2.75) is 44.9 Å². The summed E-state index contributed by atoms with van der Waals surface area (Å²) in [5.41, 5.74) is 1.64. The average Bonchev–Trinajstić information content (AvgIpc) is 3.27. The number of fused-ring (bicyclic) bond motifs is 2. The first-order valence-corrected chi connectivity index (χ1v) is 9.10. The Balaban J connectivity index is 1.47. The monoisotopic (exact) mass is 339 g/mol. The predicted molar refractivity (Wildman–Crippen MR) is 93.5 cm³/mol. The van der Waals surface area contributed by atoms with E-state index in [2.05, 4.69) is 17.1 Å². The van der Waals surface area contributed by atoms with Crippen LogP contribution in [0.4, 0.5) is 4.39 Å². The number of nitrogens with zero attached hydrogens (tertiary/aromatic N) is 1. The van der Waals surface area contributed by atoms with Gasteiger partial charge in [-0.05, 0) is 60.8 Å². The molecule has 2 saturated carbocycles. The van der Waals surface area contributed by atoms with Gasteiger partial charge in [0.15, 0.2) is 11.6 Å². The van der Waals surface area contributed by atoms with E-state index >= 15 is 0 Å². The molecule has 2 aliphatic rings. The van der Waals surface area contributed by atoms with E-state index < -0.39 is 5.82 Å². The van der Waals surface area contributed by atoms with Gasteiger partial charge in [0.1, 0.15) is 5.75 Å². The van der Waals surface area contributed by atoms with Crippen molar-refractivity contribution < 1.29 is 13.9 Å². The third-order valence-electron chi connectivity index (χ3n) is 5.71. The molecule has 0 N–H and O–H groups in total. The van der Waals surface area contributed by atoms with Gasteiger partial charge in [0, 0.05) is 18.2 Å². The molecule has 2 fully saturated rings. The van der Waals surface area contributed by atoms with Crippen molar-refractivity contribution in [2.24, 2.45) is 11.8 Å². The first-order chi connectivity index (χ1) is 12.1. The molecule has 1 aromatic carbocycles. The first kappa shape index (κ1) is 16.2. The maximum Gasteiger partial charge on any atom is 0.255 e. The van der Waals surface area contributed by atoms with Crippen LogP contribution < -0.4 is 4.74 Å². The molecule has 3 unspecified atom stereocenters. The molecule has 4 rings (SSSR count). The van der Waals surface area contributed by atoms with E-state index in [1.54, 1.807) is 6.92 Å². The van der Waals surface area contributed by atoms with Crippen LogP contribution in [0, 0.1) is 17.7 Å². The largest absolute Gasteiger partial charge is 0.436 e. The second-order valence-corrected chi connectivity index (χ2v) is 7.24. The number of hydrogen-bond acceptors (Lipinski definition) is 3. The van der Waals surface area contributed by atoms with Crippen LogP contribution >= 0.6 is 0 Å². The standard InChI is InChI=1S/C21H22FNO2/c1-2-20(24)16-11-19(22)21(23-12-16)25-17-7-5-14(6-8-17)18-10-13-3-4-15(18)9-13/h5-8,11-13,15,18H,2-4,9-10H2,1H3. The summed E-state index contributed by atoms with van der Waals surface area (Å²) in [6.07, 6.45) is 7.11. The van der Waals surface area contributed by atoms with Crippen LogP contribution in [0.3, 0.4) is 0 Å². The van der Waals surface area contributed by atoms with E-state index in [0.29, 0.717) is 18.1 Å². The number of pyridine rings is 1. The number of hydrogen-bond donors (Lipinski definition) is 0. The molecule has 3 nitrogen and oxygen atoms in total. The van der Waals surface area contributed by atoms with E-state index in [0.717, 1.165) is 11.8 Å². The Morgan fingerprint density at radius 2 is 2.04 bits per heavy atom. The Hall–Kier alpha value is -2.23. The quantitative estimate of drug-likeness (QED) is 0.674. The summed E-state index contributed by atoms with van der Waals surface area (Å²) in [6.45, 7) is 1.74. The normalized spacial score (nSPS) is 24.5. The fraction of sp³-hybridized carbons (Fsp3) is 0.429. The lowest BCUT2D eigenvalue weighted by atomic mass is 9.83. The lowest BCUT2D eigenvalue weighted by Crippen LogP contribution is -2.08. The molecular weight excluding hydrogens is 317 g/mol. The molecule has 0 amide bonds. The van der Waals surface area contributed by atoms with Crippen molar-refractivity contribution in [3.05, 3.63) is 53.5 Å². The van der Waals surface area contributed by atoms with Gasteiger partial charge >= 0.3 is 0 Å². The Morgan fingerprint density at radius 1 is 1.24 bits per heavy atom. The highest BCUT2D eigenvalue weighted by Crippen LogP contribution is 2.52. The molecule has 25 heavy (non-hydrogen) atoms. The highest BCUT2D eigenvalue weighted by Gasteiger charge is 2.39. The molecule has 0 saturated heterocycles. The van der Waals surface area contributed by atoms with Crippen molar-refractivity contribution in [1.29, 1.82) is 0 Å². The molecule has 130 valence electrons. The zero-order valence-electron chi connectivity index (χ0n) is 14.4. The second kappa shape index (κ2) is 6.58.